The van der Waals surface area contributed by atoms with Gasteiger partial charge in [-0.3, -0.25) is 4.79 Å². The zero-order valence-electron chi connectivity index (χ0n) is 12.5. The lowest BCUT2D eigenvalue weighted by molar-refractivity contribution is -0.127. The van der Waals surface area contributed by atoms with Gasteiger partial charge in [-0.1, -0.05) is 18.2 Å². The highest BCUT2D eigenvalue weighted by Gasteiger charge is 2.14. The Morgan fingerprint density at radius 2 is 2.24 bits per heavy atom. The van der Waals surface area contributed by atoms with Crippen LogP contribution in [0.1, 0.15) is 18.9 Å². The van der Waals surface area contributed by atoms with Gasteiger partial charge in [0, 0.05) is 25.5 Å². The van der Waals surface area contributed by atoms with Crippen molar-refractivity contribution in [3.63, 3.8) is 0 Å². The summed E-state index contributed by atoms with van der Waals surface area (Å²) in [6, 6.07) is 7.68. The summed E-state index contributed by atoms with van der Waals surface area (Å²) in [5.74, 6) is 0.655. The zero-order chi connectivity index (χ0) is 15.1. The Balaban J connectivity index is 1.71. The van der Waals surface area contributed by atoms with Gasteiger partial charge in [-0.05, 0) is 31.9 Å². The summed E-state index contributed by atoms with van der Waals surface area (Å²) >= 11 is 0. The van der Waals surface area contributed by atoms with Gasteiger partial charge in [0.25, 0.3) is 5.91 Å². The van der Waals surface area contributed by atoms with Crippen LogP contribution in [0.4, 0.5) is 0 Å². The van der Waals surface area contributed by atoms with E-state index in [9.17, 15) is 4.79 Å². The van der Waals surface area contributed by atoms with Crippen LogP contribution in [0, 0.1) is 6.92 Å². The van der Waals surface area contributed by atoms with E-state index in [-0.39, 0.29) is 5.91 Å². The molecule has 0 bridgehead atoms. The normalized spacial score (nSPS) is 11.9. The van der Waals surface area contributed by atoms with Crippen LogP contribution in [0.2, 0.25) is 0 Å². The molecule has 1 aromatic carbocycles. The molecular formula is C16H21N3O2. The van der Waals surface area contributed by atoms with Gasteiger partial charge in [0.05, 0.1) is 6.33 Å². The van der Waals surface area contributed by atoms with Crippen LogP contribution in [-0.2, 0) is 11.3 Å². The first-order chi connectivity index (χ1) is 10.2. The van der Waals surface area contributed by atoms with Gasteiger partial charge in [0.1, 0.15) is 5.75 Å². The third-order valence-electron chi connectivity index (χ3n) is 3.22. The van der Waals surface area contributed by atoms with Crippen molar-refractivity contribution in [2.75, 3.05) is 6.54 Å². The summed E-state index contributed by atoms with van der Waals surface area (Å²) in [5.41, 5.74) is 1.03. The second-order valence-electron chi connectivity index (χ2n) is 4.97. The smallest absolute Gasteiger partial charge is 0.260 e. The Kier molecular flexibility index (Phi) is 5.37. The fraction of sp³-hybridized carbons (Fsp3) is 0.375. The number of hydrogen-bond acceptors (Lipinski definition) is 3. The van der Waals surface area contributed by atoms with Gasteiger partial charge >= 0.3 is 0 Å². The number of hydrogen-bond donors (Lipinski definition) is 1. The molecule has 0 saturated carbocycles. The fourth-order valence-electron chi connectivity index (χ4n) is 1.97. The molecule has 0 radical (unpaired) electrons. The highest BCUT2D eigenvalue weighted by molar-refractivity contribution is 5.80. The van der Waals surface area contributed by atoms with E-state index in [2.05, 4.69) is 10.3 Å². The molecule has 112 valence electrons. The number of imidazole rings is 1. The predicted molar refractivity (Wildman–Crippen MR) is 81.1 cm³/mol. The third-order valence-corrected chi connectivity index (χ3v) is 3.22. The van der Waals surface area contributed by atoms with E-state index in [0.29, 0.717) is 6.54 Å². The Hall–Kier alpha value is -2.30. The van der Waals surface area contributed by atoms with Crippen LogP contribution in [0.15, 0.2) is 43.0 Å². The lowest BCUT2D eigenvalue weighted by atomic mass is 10.2. The fourth-order valence-corrected chi connectivity index (χ4v) is 1.97. The minimum Gasteiger partial charge on any atom is -0.481 e. The Morgan fingerprint density at radius 1 is 1.43 bits per heavy atom. The van der Waals surface area contributed by atoms with Crippen molar-refractivity contribution >= 4 is 5.91 Å². The van der Waals surface area contributed by atoms with Crippen molar-refractivity contribution in [1.82, 2.24) is 14.9 Å². The molecule has 21 heavy (non-hydrogen) atoms. The SMILES string of the molecule is Cc1ccccc1O[C@@H](C)C(=O)NCCCn1ccnc1. The van der Waals surface area contributed by atoms with Gasteiger partial charge in [-0.2, -0.15) is 0 Å². The number of rotatable bonds is 7. The van der Waals surface area contributed by atoms with Crippen molar-refractivity contribution in [1.29, 1.82) is 0 Å². The maximum Gasteiger partial charge on any atom is 0.260 e. The number of carbonyl (C=O) groups excluding carboxylic acids is 1. The maximum atomic E-state index is 12.0. The van der Waals surface area contributed by atoms with Crippen molar-refractivity contribution in [2.45, 2.75) is 32.9 Å². The molecule has 2 aromatic rings. The highest BCUT2D eigenvalue weighted by atomic mass is 16.5. The van der Waals surface area contributed by atoms with Crippen LogP contribution in [0.5, 0.6) is 5.75 Å². The molecule has 1 heterocycles. The minimum absolute atomic E-state index is 0.0936. The van der Waals surface area contributed by atoms with E-state index in [4.69, 9.17) is 4.74 Å². The molecule has 1 aromatic heterocycles. The second kappa shape index (κ2) is 7.47. The lowest BCUT2D eigenvalue weighted by Gasteiger charge is -2.16. The molecule has 5 nitrogen and oxygen atoms in total. The van der Waals surface area contributed by atoms with Crippen LogP contribution >= 0.6 is 0 Å². The largest absolute Gasteiger partial charge is 0.481 e. The Morgan fingerprint density at radius 3 is 2.95 bits per heavy atom. The number of para-hydroxylation sites is 1. The molecular weight excluding hydrogens is 266 g/mol. The quantitative estimate of drug-likeness (QED) is 0.794. The molecule has 0 saturated heterocycles. The standard InChI is InChI=1S/C16H21N3O2/c1-13-6-3-4-7-15(13)21-14(2)16(20)18-8-5-10-19-11-9-17-12-19/h3-4,6-7,9,11-12,14H,5,8,10H2,1-2H3,(H,18,20)/t14-/m0/s1. The van der Waals surface area contributed by atoms with Crippen LogP contribution in [-0.4, -0.2) is 28.1 Å². The number of nitrogens with one attached hydrogen (secondary N) is 1. The van der Waals surface area contributed by atoms with Crippen LogP contribution in [0.3, 0.4) is 0 Å². The molecule has 0 aliphatic rings. The molecule has 0 fully saturated rings. The van der Waals surface area contributed by atoms with E-state index >= 15 is 0 Å². The molecule has 0 spiro atoms. The van der Waals surface area contributed by atoms with Crippen molar-refractivity contribution in [3.05, 3.63) is 48.5 Å². The number of aromatic nitrogens is 2. The molecule has 5 heteroatoms. The summed E-state index contributed by atoms with van der Waals surface area (Å²) in [7, 11) is 0. The maximum absolute atomic E-state index is 12.0. The summed E-state index contributed by atoms with van der Waals surface area (Å²) in [6.07, 6.45) is 5.78. The van der Waals surface area contributed by atoms with Crippen molar-refractivity contribution < 1.29 is 9.53 Å². The number of amides is 1. The van der Waals surface area contributed by atoms with Crippen LogP contribution < -0.4 is 10.1 Å². The summed E-state index contributed by atoms with van der Waals surface area (Å²) in [4.78, 5) is 15.9. The van der Waals surface area contributed by atoms with Crippen molar-refractivity contribution in [3.8, 4) is 5.75 Å². The molecule has 2 rings (SSSR count). The van der Waals surface area contributed by atoms with Gasteiger partial charge < -0.3 is 14.6 Å². The van der Waals surface area contributed by atoms with Gasteiger partial charge in [-0.25, -0.2) is 4.98 Å². The van der Waals surface area contributed by atoms with E-state index in [1.807, 2.05) is 42.0 Å². The second-order valence-corrected chi connectivity index (χ2v) is 4.97. The van der Waals surface area contributed by atoms with Crippen LogP contribution in [0.25, 0.3) is 0 Å². The van der Waals surface area contributed by atoms with Gasteiger partial charge in [0.15, 0.2) is 6.10 Å². The summed E-state index contributed by atoms with van der Waals surface area (Å²) in [5, 5.41) is 2.89. The van der Waals surface area contributed by atoms with E-state index in [1.54, 1.807) is 19.4 Å². The predicted octanol–water partition coefficient (Wildman–Crippen LogP) is 2.17. The van der Waals surface area contributed by atoms with Gasteiger partial charge in [0.2, 0.25) is 0 Å². The first kappa shape index (κ1) is 15.1. The van der Waals surface area contributed by atoms with Gasteiger partial charge in [-0.15, -0.1) is 0 Å². The molecule has 0 aliphatic carbocycles. The Labute approximate surface area is 125 Å². The lowest BCUT2D eigenvalue weighted by Crippen LogP contribution is -2.37. The molecule has 1 atom stereocenters. The molecule has 1 amide bonds. The van der Waals surface area contributed by atoms with E-state index < -0.39 is 6.10 Å². The van der Waals surface area contributed by atoms with Crippen molar-refractivity contribution in [2.24, 2.45) is 0 Å². The minimum atomic E-state index is -0.501. The first-order valence-corrected chi connectivity index (χ1v) is 7.12. The average molecular weight is 287 g/mol. The zero-order valence-corrected chi connectivity index (χ0v) is 12.5. The number of benzene rings is 1. The molecule has 1 N–H and O–H groups in total. The molecule has 0 aliphatic heterocycles. The number of nitrogens with zero attached hydrogens (tertiary/aromatic N) is 2. The summed E-state index contributed by atoms with van der Waals surface area (Å²) < 4.78 is 7.67. The van der Waals surface area contributed by atoms with E-state index in [1.165, 1.54) is 0 Å². The number of aryl methyl sites for hydroxylation is 2. The highest BCUT2D eigenvalue weighted by Crippen LogP contribution is 2.17. The monoisotopic (exact) mass is 287 g/mol. The topological polar surface area (TPSA) is 56.1 Å². The first-order valence-electron chi connectivity index (χ1n) is 7.12. The number of carbonyl (C=O) groups is 1. The Bertz CT molecular complexity index is 567. The van der Waals surface area contributed by atoms with E-state index in [0.717, 1.165) is 24.3 Å². The average Bonchev–Trinajstić information content (AvgIpc) is 2.99. The summed E-state index contributed by atoms with van der Waals surface area (Å²) in [6.45, 7) is 5.19. The third kappa shape index (κ3) is 4.63. The molecule has 0 unspecified atom stereocenters. The number of ether oxygens (including phenoxy) is 1.